The van der Waals surface area contributed by atoms with Crippen LogP contribution in [0.4, 0.5) is 0 Å². The first-order valence-corrected chi connectivity index (χ1v) is 4.79. The third-order valence-corrected chi connectivity index (χ3v) is 2.01. The molecule has 0 amide bonds. The first kappa shape index (κ1) is 10.0. The van der Waals surface area contributed by atoms with Gasteiger partial charge in [-0.1, -0.05) is 0 Å². The van der Waals surface area contributed by atoms with Crippen molar-refractivity contribution in [2.75, 3.05) is 19.8 Å². The summed E-state index contributed by atoms with van der Waals surface area (Å²) in [6.45, 7) is 8.95. The van der Waals surface area contributed by atoms with Crippen molar-refractivity contribution in [3.05, 3.63) is 0 Å². The first-order chi connectivity index (χ1) is 5.58. The van der Waals surface area contributed by atoms with Crippen LogP contribution in [0.3, 0.4) is 0 Å². The molecule has 1 fully saturated rings. The van der Waals surface area contributed by atoms with Gasteiger partial charge in [0.1, 0.15) is 0 Å². The highest BCUT2D eigenvalue weighted by Crippen LogP contribution is 2.16. The number of hydrogen-bond donors (Lipinski definition) is 0. The normalized spacial score (nSPS) is 25.8. The molecular formula is C10H20O2. The Morgan fingerprint density at radius 3 is 2.67 bits per heavy atom. The van der Waals surface area contributed by atoms with Gasteiger partial charge < -0.3 is 9.47 Å². The third kappa shape index (κ3) is 4.07. The molecule has 0 N–H and O–H groups in total. The summed E-state index contributed by atoms with van der Waals surface area (Å²) < 4.78 is 11.1. The van der Waals surface area contributed by atoms with Crippen molar-refractivity contribution in [1.82, 2.24) is 0 Å². The van der Waals surface area contributed by atoms with E-state index in [1.54, 1.807) is 0 Å². The molecular weight excluding hydrogens is 152 g/mol. The summed E-state index contributed by atoms with van der Waals surface area (Å²) in [7, 11) is 0. The lowest BCUT2D eigenvalue weighted by Crippen LogP contribution is -2.28. The summed E-state index contributed by atoms with van der Waals surface area (Å²) >= 11 is 0. The van der Waals surface area contributed by atoms with Gasteiger partial charge in [-0.3, -0.25) is 0 Å². The SMILES string of the molecule is CC(C)(C)OCC1CCCOC1. The highest BCUT2D eigenvalue weighted by atomic mass is 16.5. The van der Waals surface area contributed by atoms with Crippen molar-refractivity contribution in [3.63, 3.8) is 0 Å². The molecule has 2 heteroatoms. The van der Waals surface area contributed by atoms with Crippen LogP contribution in [-0.4, -0.2) is 25.4 Å². The van der Waals surface area contributed by atoms with Gasteiger partial charge in [0, 0.05) is 12.5 Å². The van der Waals surface area contributed by atoms with E-state index < -0.39 is 0 Å². The standard InChI is InChI=1S/C10H20O2/c1-10(2,3)12-8-9-5-4-6-11-7-9/h9H,4-8H2,1-3H3. The minimum Gasteiger partial charge on any atom is -0.381 e. The molecule has 0 aromatic heterocycles. The van der Waals surface area contributed by atoms with Crippen LogP contribution in [0.15, 0.2) is 0 Å². The molecule has 0 bridgehead atoms. The molecule has 1 saturated heterocycles. The summed E-state index contributed by atoms with van der Waals surface area (Å²) in [5.74, 6) is 0.623. The van der Waals surface area contributed by atoms with Gasteiger partial charge in [0.25, 0.3) is 0 Å². The van der Waals surface area contributed by atoms with Crippen LogP contribution < -0.4 is 0 Å². The van der Waals surface area contributed by atoms with Crippen LogP contribution in [-0.2, 0) is 9.47 Å². The van der Waals surface area contributed by atoms with Crippen molar-refractivity contribution in [1.29, 1.82) is 0 Å². The van der Waals surface area contributed by atoms with Crippen LogP contribution in [0.2, 0.25) is 0 Å². The predicted molar refractivity (Wildman–Crippen MR) is 49.2 cm³/mol. The van der Waals surface area contributed by atoms with E-state index in [1.807, 2.05) is 0 Å². The Bertz CT molecular complexity index is 120. The molecule has 0 aromatic rings. The van der Waals surface area contributed by atoms with Gasteiger partial charge in [0.05, 0.1) is 18.8 Å². The van der Waals surface area contributed by atoms with Crippen LogP contribution in [0.25, 0.3) is 0 Å². The predicted octanol–water partition coefficient (Wildman–Crippen LogP) is 2.23. The van der Waals surface area contributed by atoms with Gasteiger partial charge in [-0.2, -0.15) is 0 Å². The van der Waals surface area contributed by atoms with E-state index in [0.717, 1.165) is 19.8 Å². The molecule has 1 unspecified atom stereocenters. The summed E-state index contributed by atoms with van der Waals surface area (Å²) in [5.41, 5.74) is -0.00253. The van der Waals surface area contributed by atoms with E-state index in [0.29, 0.717) is 5.92 Å². The zero-order valence-corrected chi connectivity index (χ0v) is 8.43. The fourth-order valence-corrected chi connectivity index (χ4v) is 1.31. The van der Waals surface area contributed by atoms with E-state index in [1.165, 1.54) is 12.8 Å². The molecule has 0 radical (unpaired) electrons. The molecule has 2 nitrogen and oxygen atoms in total. The maximum absolute atomic E-state index is 5.69. The Labute approximate surface area is 75.2 Å². The highest BCUT2D eigenvalue weighted by molar-refractivity contribution is 4.65. The van der Waals surface area contributed by atoms with E-state index >= 15 is 0 Å². The Morgan fingerprint density at radius 2 is 2.17 bits per heavy atom. The van der Waals surface area contributed by atoms with E-state index in [2.05, 4.69) is 20.8 Å². The van der Waals surface area contributed by atoms with Crippen LogP contribution in [0, 0.1) is 5.92 Å². The molecule has 0 spiro atoms. The van der Waals surface area contributed by atoms with Crippen molar-refractivity contribution in [2.45, 2.75) is 39.2 Å². The van der Waals surface area contributed by atoms with Crippen molar-refractivity contribution in [3.8, 4) is 0 Å². The smallest absolute Gasteiger partial charge is 0.0598 e. The monoisotopic (exact) mass is 172 g/mol. The zero-order valence-electron chi connectivity index (χ0n) is 8.43. The molecule has 0 aliphatic carbocycles. The lowest BCUT2D eigenvalue weighted by Gasteiger charge is -2.26. The fraction of sp³-hybridized carbons (Fsp3) is 1.00. The summed E-state index contributed by atoms with van der Waals surface area (Å²) in [6.07, 6.45) is 2.45. The van der Waals surface area contributed by atoms with Crippen molar-refractivity contribution >= 4 is 0 Å². The topological polar surface area (TPSA) is 18.5 Å². The van der Waals surface area contributed by atoms with Crippen LogP contribution in [0.5, 0.6) is 0 Å². The zero-order chi connectivity index (χ0) is 9.03. The average Bonchev–Trinajstić information content (AvgIpc) is 2.02. The Hall–Kier alpha value is -0.0800. The molecule has 0 aromatic carbocycles. The second kappa shape index (κ2) is 4.24. The van der Waals surface area contributed by atoms with Gasteiger partial charge in [-0.05, 0) is 33.6 Å². The Kier molecular flexibility index (Phi) is 3.53. The number of hydrogen-bond acceptors (Lipinski definition) is 2. The maximum Gasteiger partial charge on any atom is 0.0598 e. The second-order valence-corrected chi connectivity index (χ2v) is 4.51. The van der Waals surface area contributed by atoms with Crippen molar-refractivity contribution < 1.29 is 9.47 Å². The van der Waals surface area contributed by atoms with Gasteiger partial charge in [-0.25, -0.2) is 0 Å². The molecule has 1 aliphatic rings. The summed E-state index contributed by atoms with van der Waals surface area (Å²) in [4.78, 5) is 0. The molecule has 1 heterocycles. The quantitative estimate of drug-likeness (QED) is 0.636. The van der Waals surface area contributed by atoms with Crippen LogP contribution >= 0.6 is 0 Å². The molecule has 1 rings (SSSR count). The van der Waals surface area contributed by atoms with Gasteiger partial charge in [0.2, 0.25) is 0 Å². The first-order valence-electron chi connectivity index (χ1n) is 4.79. The Morgan fingerprint density at radius 1 is 1.42 bits per heavy atom. The summed E-state index contributed by atoms with van der Waals surface area (Å²) in [6, 6.07) is 0. The van der Waals surface area contributed by atoms with E-state index in [9.17, 15) is 0 Å². The molecule has 12 heavy (non-hydrogen) atoms. The van der Waals surface area contributed by atoms with Crippen molar-refractivity contribution in [2.24, 2.45) is 5.92 Å². The minimum absolute atomic E-state index is 0.00253. The van der Waals surface area contributed by atoms with Gasteiger partial charge >= 0.3 is 0 Å². The largest absolute Gasteiger partial charge is 0.381 e. The molecule has 1 aliphatic heterocycles. The third-order valence-electron chi connectivity index (χ3n) is 2.01. The number of ether oxygens (including phenoxy) is 2. The highest BCUT2D eigenvalue weighted by Gasteiger charge is 2.17. The fourth-order valence-electron chi connectivity index (χ4n) is 1.31. The maximum atomic E-state index is 5.69. The van der Waals surface area contributed by atoms with Crippen LogP contribution in [0.1, 0.15) is 33.6 Å². The van der Waals surface area contributed by atoms with E-state index in [4.69, 9.17) is 9.47 Å². The average molecular weight is 172 g/mol. The molecule has 0 saturated carbocycles. The van der Waals surface area contributed by atoms with E-state index in [-0.39, 0.29) is 5.60 Å². The lowest BCUT2D eigenvalue weighted by atomic mass is 10.0. The Balaban J connectivity index is 2.13. The minimum atomic E-state index is -0.00253. The molecule has 1 atom stereocenters. The second-order valence-electron chi connectivity index (χ2n) is 4.51. The van der Waals surface area contributed by atoms with Gasteiger partial charge in [-0.15, -0.1) is 0 Å². The molecule has 72 valence electrons. The van der Waals surface area contributed by atoms with Gasteiger partial charge in [0.15, 0.2) is 0 Å². The number of rotatable bonds is 2. The summed E-state index contributed by atoms with van der Waals surface area (Å²) in [5, 5.41) is 0. The lowest BCUT2D eigenvalue weighted by molar-refractivity contribution is -0.0535.